The van der Waals surface area contributed by atoms with Crippen LogP contribution in [0.5, 0.6) is 5.75 Å². The molecule has 4 rings (SSSR count). The van der Waals surface area contributed by atoms with Crippen LogP contribution >= 0.6 is 0 Å². The third-order valence-corrected chi connectivity index (χ3v) is 6.83. The average Bonchev–Trinajstić information content (AvgIpc) is 2.85. The summed E-state index contributed by atoms with van der Waals surface area (Å²) in [6, 6.07) is 8.56. The number of carbonyl (C=O) groups excluding carboxylic acids is 2. The van der Waals surface area contributed by atoms with Crippen molar-refractivity contribution in [3.63, 3.8) is 0 Å². The molecule has 0 amide bonds. The molecule has 2 aromatic carbocycles. The molecule has 1 heterocycles. The number of carbonyl (C=O) groups is 2. The van der Waals surface area contributed by atoms with Crippen LogP contribution in [0.25, 0.3) is 0 Å². The van der Waals surface area contributed by atoms with Crippen LogP contribution in [0.15, 0.2) is 65.5 Å². The Kier molecular flexibility index (Phi) is 7.29. The summed E-state index contributed by atoms with van der Waals surface area (Å²) in [4.78, 5) is 37.5. The molecule has 0 radical (unpaired) electrons. The Morgan fingerprint density at radius 2 is 1.90 bits per heavy atom. The van der Waals surface area contributed by atoms with Crippen molar-refractivity contribution in [2.45, 2.75) is 45.9 Å². The largest absolute Gasteiger partial charge is 0.482 e. The Hall–Kier alpha value is -4.15. The lowest BCUT2D eigenvalue weighted by Crippen LogP contribution is -2.43. The van der Waals surface area contributed by atoms with E-state index in [-0.39, 0.29) is 35.7 Å². The highest BCUT2D eigenvalue weighted by atomic mass is 19.4. The van der Waals surface area contributed by atoms with E-state index in [0.717, 1.165) is 12.1 Å². The number of ketones is 1. The molecule has 0 bridgehead atoms. The highest BCUT2D eigenvalue weighted by Gasteiger charge is 2.46. The number of methoxy groups -OCH3 is 1. The summed E-state index contributed by atoms with van der Waals surface area (Å²) in [5, 5.41) is 15.2. The monoisotopic (exact) mass is 544 g/mol. The smallest absolute Gasteiger partial charge is 0.416 e. The van der Waals surface area contributed by atoms with E-state index >= 15 is 0 Å². The Labute approximate surface area is 222 Å². The molecule has 0 saturated carbocycles. The lowest BCUT2D eigenvalue weighted by molar-refractivity contribution is -0.386. The minimum Gasteiger partial charge on any atom is -0.482 e. The highest BCUT2D eigenvalue weighted by molar-refractivity contribution is 5.96. The van der Waals surface area contributed by atoms with Gasteiger partial charge >= 0.3 is 17.8 Å². The molecule has 2 aromatic rings. The van der Waals surface area contributed by atoms with Crippen molar-refractivity contribution < 1.29 is 37.2 Å². The summed E-state index contributed by atoms with van der Waals surface area (Å²) in [7, 11) is 1.21. The first-order chi connectivity index (χ1) is 18.2. The van der Waals surface area contributed by atoms with Crippen molar-refractivity contribution in [1.29, 1.82) is 0 Å². The van der Waals surface area contributed by atoms with E-state index in [9.17, 15) is 32.9 Å². The predicted octanol–water partition coefficient (Wildman–Crippen LogP) is 5.83. The van der Waals surface area contributed by atoms with E-state index in [1.807, 2.05) is 19.9 Å². The fraction of sp³-hybridized carbons (Fsp3) is 0.357. The Bertz CT molecular complexity index is 1410. The number of nitrogens with zero attached hydrogens (tertiary/aromatic N) is 1. The van der Waals surface area contributed by atoms with Gasteiger partial charge in [0, 0.05) is 29.8 Å². The number of nitro benzene ring substituents is 1. The van der Waals surface area contributed by atoms with Crippen LogP contribution in [-0.4, -0.2) is 23.8 Å². The molecule has 2 atom stereocenters. The molecule has 0 spiro atoms. The molecule has 0 fully saturated rings. The Balaban J connectivity index is 1.74. The normalized spacial score (nSPS) is 20.5. The van der Waals surface area contributed by atoms with Gasteiger partial charge < -0.3 is 14.8 Å². The number of fused-ring (bicyclic) bond motifs is 1. The number of nitrogens with one attached hydrogen (secondary N) is 1. The van der Waals surface area contributed by atoms with Crippen LogP contribution in [0, 0.1) is 21.4 Å². The molecular formula is C28H27F3N2O6. The molecule has 2 aliphatic rings. The van der Waals surface area contributed by atoms with Crippen molar-refractivity contribution in [3.8, 4) is 5.75 Å². The first-order valence-electron chi connectivity index (χ1n) is 12.1. The van der Waals surface area contributed by atoms with Gasteiger partial charge in [-0.15, -0.1) is 0 Å². The maximum absolute atomic E-state index is 13.3. The zero-order valence-corrected chi connectivity index (χ0v) is 21.7. The topological polar surface area (TPSA) is 108 Å². The maximum atomic E-state index is 13.3. The number of allylic oxidation sites excluding steroid dienone is 3. The number of halogens is 3. The first kappa shape index (κ1) is 27.9. The van der Waals surface area contributed by atoms with Crippen LogP contribution < -0.4 is 10.1 Å². The molecule has 8 nitrogen and oxygen atoms in total. The van der Waals surface area contributed by atoms with E-state index in [1.54, 1.807) is 6.92 Å². The molecule has 206 valence electrons. The summed E-state index contributed by atoms with van der Waals surface area (Å²) in [5.74, 6) is -2.61. The fourth-order valence-electron chi connectivity index (χ4n) is 5.20. The summed E-state index contributed by atoms with van der Waals surface area (Å²) in [6.07, 6.45) is -2.39. The van der Waals surface area contributed by atoms with Gasteiger partial charge in [-0.1, -0.05) is 38.1 Å². The Morgan fingerprint density at radius 3 is 2.54 bits per heavy atom. The SMILES string of the molecule is COC(=O)C1=C(C)NC2=CC(C)(C)CC(=O)C2C1c1ccc(OCc2cccc(C(F)(F)F)c2)c([N+](=O)[O-])c1. The number of Topliss-reactive ketones (excluding diaryl/α,β-unsaturated/α-hetero) is 1. The highest BCUT2D eigenvalue weighted by Crippen LogP contribution is 2.48. The van der Waals surface area contributed by atoms with E-state index < -0.39 is 45.6 Å². The summed E-state index contributed by atoms with van der Waals surface area (Å²) in [6.45, 7) is 5.17. The second-order valence-electron chi connectivity index (χ2n) is 10.3. The Morgan fingerprint density at radius 1 is 1.18 bits per heavy atom. The zero-order chi connectivity index (χ0) is 28.7. The molecule has 0 aromatic heterocycles. The number of hydrogen-bond donors (Lipinski definition) is 1. The van der Waals surface area contributed by atoms with Crippen LogP contribution in [-0.2, 0) is 27.1 Å². The zero-order valence-electron chi connectivity index (χ0n) is 21.7. The molecule has 1 aliphatic heterocycles. The van der Waals surface area contributed by atoms with Gasteiger partial charge in [0.25, 0.3) is 0 Å². The second kappa shape index (κ2) is 10.2. The van der Waals surface area contributed by atoms with E-state index in [4.69, 9.17) is 9.47 Å². The van der Waals surface area contributed by atoms with Crippen molar-refractivity contribution in [3.05, 3.63) is 92.3 Å². The summed E-state index contributed by atoms with van der Waals surface area (Å²) in [5.41, 5.74) is 0.0361. The van der Waals surface area contributed by atoms with Crippen molar-refractivity contribution in [2.75, 3.05) is 7.11 Å². The van der Waals surface area contributed by atoms with Crippen molar-refractivity contribution >= 4 is 17.4 Å². The lowest BCUT2D eigenvalue weighted by Gasteiger charge is -2.41. The molecule has 2 unspecified atom stereocenters. The third-order valence-electron chi connectivity index (χ3n) is 6.83. The van der Waals surface area contributed by atoms with Crippen molar-refractivity contribution in [1.82, 2.24) is 5.32 Å². The summed E-state index contributed by atoms with van der Waals surface area (Å²) >= 11 is 0. The second-order valence-corrected chi connectivity index (χ2v) is 10.3. The van der Waals surface area contributed by atoms with E-state index in [2.05, 4.69) is 5.32 Å². The molecule has 1 N–H and O–H groups in total. The molecule has 0 saturated heterocycles. The molecular weight excluding hydrogens is 517 g/mol. The minimum atomic E-state index is -4.54. The van der Waals surface area contributed by atoms with Gasteiger partial charge in [-0.3, -0.25) is 14.9 Å². The van der Waals surface area contributed by atoms with Gasteiger partial charge in [-0.2, -0.15) is 13.2 Å². The van der Waals surface area contributed by atoms with Gasteiger partial charge in [0.15, 0.2) is 5.75 Å². The van der Waals surface area contributed by atoms with E-state index in [1.165, 1.54) is 37.4 Å². The molecule has 39 heavy (non-hydrogen) atoms. The number of esters is 1. The maximum Gasteiger partial charge on any atom is 0.416 e. The average molecular weight is 545 g/mol. The van der Waals surface area contributed by atoms with Gasteiger partial charge in [0.1, 0.15) is 12.4 Å². The summed E-state index contributed by atoms with van der Waals surface area (Å²) < 4.78 is 49.7. The standard InChI is InChI=1S/C28H27F3N2O6/c1-15-23(26(35)38-4)24(25-19(32-15)12-27(2,3)13-21(25)34)17-8-9-22(20(11-17)33(36)37)39-14-16-6-5-7-18(10-16)28(29,30)31/h5-12,24-25,32H,13-14H2,1-4H3. The van der Waals surface area contributed by atoms with Gasteiger partial charge in [-0.25, -0.2) is 4.79 Å². The van der Waals surface area contributed by atoms with Crippen LogP contribution in [0.2, 0.25) is 0 Å². The van der Waals surface area contributed by atoms with Crippen molar-refractivity contribution in [2.24, 2.45) is 11.3 Å². The van der Waals surface area contributed by atoms with Crippen LogP contribution in [0.4, 0.5) is 18.9 Å². The quantitative estimate of drug-likeness (QED) is 0.277. The fourth-order valence-corrected chi connectivity index (χ4v) is 5.20. The third kappa shape index (κ3) is 5.67. The molecule has 11 heteroatoms. The predicted molar refractivity (Wildman–Crippen MR) is 134 cm³/mol. The lowest BCUT2D eigenvalue weighted by atomic mass is 9.66. The number of hydrogen-bond acceptors (Lipinski definition) is 7. The first-order valence-corrected chi connectivity index (χ1v) is 12.1. The molecule has 1 aliphatic carbocycles. The van der Waals surface area contributed by atoms with Gasteiger partial charge in [0.2, 0.25) is 0 Å². The van der Waals surface area contributed by atoms with Crippen LogP contribution in [0.1, 0.15) is 49.8 Å². The van der Waals surface area contributed by atoms with Gasteiger partial charge in [0.05, 0.1) is 29.1 Å². The number of benzene rings is 2. The van der Waals surface area contributed by atoms with E-state index in [0.29, 0.717) is 17.0 Å². The number of rotatable bonds is 6. The van der Waals surface area contributed by atoms with Crippen LogP contribution in [0.3, 0.4) is 0 Å². The number of nitro groups is 1. The number of ether oxygens (including phenoxy) is 2. The number of alkyl halides is 3. The van der Waals surface area contributed by atoms with Gasteiger partial charge in [-0.05, 0) is 41.7 Å². The minimum absolute atomic E-state index is 0.128.